The second-order valence-corrected chi connectivity index (χ2v) is 7.24. The molecule has 8 heteroatoms. The van der Waals surface area contributed by atoms with Gasteiger partial charge in [0.1, 0.15) is 5.00 Å². The molecule has 0 unspecified atom stereocenters. The number of hydrogen-bond acceptors (Lipinski definition) is 5. The summed E-state index contributed by atoms with van der Waals surface area (Å²) in [5.41, 5.74) is 0.908. The maximum Gasteiger partial charge on any atom is 0.322 e. The third-order valence-corrected chi connectivity index (χ3v) is 5.36. The molecule has 0 atom stereocenters. The molecule has 6 nitrogen and oxygen atoms in total. The van der Waals surface area contributed by atoms with Crippen molar-refractivity contribution in [2.45, 2.75) is 19.8 Å². The van der Waals surface area contributed by atoms with Crippen molar-refractivity contribution in [2.24, 2.45) is 5.92 Å². The van der Waals surface area contributed by atoms with E-state index >= 15 is 0 Å². The van der Waals surface area contributed by atoms with Crippen LogP contribution in [0, 0.1) is 12.8 Å². The lowest BCUT2D eigenvalue weighted by Gasteiger charge is -2.31. The van der Waals surface area contributed by atoms with Gasteiger partial charge in [-0.1, -0.05) is 0 Å². The average Bonchev–Trinajstić information content (AvgIpc) is 3.19. The summed E-state index contributed by atoms with van der Waals surface area (Å²) in [6.07, 6.45) is 1.36. The minimum absolute atomic E-state index is 0.0203. The molecule has 2 aromatic heterocycles. The number of carbonyl (C=O) groups excluding carboxylic acids is 2. The molecular weight excluding hydrogens is 332 g/mol. The van der Waals surface area contributed by atoms with Crippen LogP contribution in [0.2, 0.25) is 0 Å². The molecule has 0 aliphatic carbocycles. The quantitative estimate of drug-likeness (QED) is 0.891. The van der Waals surface area contributed by atoms with Crippen LogP contribution in [0.3, 0.4) is 0 Å². The molecule has 3 amide bonds. The molecule has 1 aliphatic heterocycles. The maximum absolute atomic E-state index is 12.3. The van der Waals surface area contributed by atoms with Crippen molar-refractivity contribution in [3.05, 3.63) is 29.3 Å². The number of likely N-dealkylation sites (tertiary alicyclic amines) is 1. The minimum atomic E-state index is -0.0932. The van der Waals surface area contributed by atoms with Gasteiger partial charge in [0.05, 0.1) is 10.7 Å². The Kier molecular flexibility index (Phi) is 4.92. The monoisotopic (exact) mass is 350 g/mol. The maximum atomic E-state index is 12.3. The van der Waals surface area contributed by atoms with Gasteiger partial charge in [-0.3, -0.25) is 10.1 Å². The highest BCUT2D eigenvalue weighted by Gasteiger charge is 2.27. The zero-order valence-electron chi connectivity index (χ0n) is 12.7. The fourth-order valence-electron chi connectivity index (χ4n) is 2.52. The normalized spacial score (nSPS) is 15.4. The van der Waals surface area contributed by atoms with Crippen LogP contribution in [-0.2, 0) is 4.79 Å². The van der Waals surface area contributed by atoms with E-state index in [-0.39, 0.29) is 17.9 Å². The Labute approximate surface area is 142 Å². The Morgan fingerprint density at radius 3 is 2.65 bits per heavy atom. The van der Waals surface area contributed by atoms with Crippen molar-refractivity contribution in [2.75, 3.05) is 23.7 Å². The van der Waals surface area contributed by atoms with E-state index in [9.17, 15) is 9.59 Å². The first-order chi connectivity index (χ1) is 11.1. The Bertz CT molecular complexity index is 675. The van der Waals surface area contributed by atoms with Gasteiger partial charge in [0.25, 0.3) is 0 Å². The third kappa shape index (κ3) is 4.08. The summed E-state index contributed by atoms with van der Waals surface area (Å²) in [5.74, 6) is -0.0323. The van der Waals surface area contributed by atoms with Crippen molar-refractivity contribution in [1.29, 1.82) is 0 Å². The molecule has 23 heavy (non-hydrogen) atoms. The van der Waals surface area contributed by atoms with Gasteiger partial charge >= 0.3 is 6.03 Å². The summed E-state index contributed by atoms with van der Waals surface area (Å²) < 4.78 is 4.15. The van der Waals surface area contributed by atoms with Crippen molar-refractivity contribution < 1.29 is 9.59 Å². The summed E-state index contributed by atoms with van der Waals surface area (Å²) in [6.45, 7) is 3.09. The van der Waals surface area contributed by atoms with E-state index in [0.29, 0.717) is 25.9 Å². The van der Waals surface area contributed by atoms with E-state index < -0.39 is 0 Å². The highest BCUT2D eigenvalue weighted by molar-refractivity contribution is 7.14. The van der Waals surface area contributed by atoms with Crippen molar-refractivity contribution in [3.8, 4) is 0 Å². The lowest BCUT2D eigenvalue weighted by molar-refractivity contribution is -0.121. The number of urea groups is 1. The van der Waals surface area contributed by atoms with Crippen LogP contribution in [0.1, 0.15) is 18.5 Å². The molecule has 3 rings (SSSR count). The van der Waals surface area contributed by atoms with Crippen LogP contribution in [0.4, 0.5) is 14.8 Å². The van der Waals surface area contributed by atoms with Crippen LogP contribution in [-0.4, -0.2) is 34.3 Å². The first-order valence-electron chi connectivity index (χ1n) is 7.45. The number of nitrogens with one attached hydrogen (secondary N) is 2. The fraction of sp³-hybridized carbons (Fsp3) is 0.400. The van der Waals surface area contributed by atoms with Gasteiger partial charge in [-0.25, -0.2) is 4.79 Å². The Hall–Kier alpha value is -1.93. The van der Waals surface area contributed by atoms with E-state index in [2.05, 4.69) is 15.0 Å². The SMILES string of the molecule is Cc1cc(NC(=O)C2CCN(C(=O)Nc3cccs3)CC2)sn1. The van der Waals surface area contributed by atoms with Gasteiger partial charge in [-0.2, -0.15) is 4.37 Å². The van der Waals surface area contributed by atoms with E-state index in [1.54, 1.807) is 4.90 Å². The van der Waals surface area contributed by atoms with Crippen LogP contribution in [0.15, 0.2) is 23.6 Å². The molecule has 2 aromatic rings. The Morgan fingerprint density at radius 1 is 1.26 bits per heavy atom. The molecule has 1 saturated heterocycles. The molecule has 2 N–H and O–H groups in total. The number of rotatable bonds is 3. The number of aromatic nitrogens is 1. The lowest BCUT2D eigenvalue weighted by atomic mass is 9.96. The molecule has 122 valence electrons. The summed E-state index contributed by atoms with van der Waals surface area (Å²) >= 11 is 2.79. The number of hydrogen-bond donors (Lipinski definition) is 2. The van der Waals surface area contributed by atoms with Crippen LogP contribution >= 0.6 is 22.9 Å². The van der Waals surface area contributed by atoms with Gasteiger partial charge in [0.2, 0.25) is 5.91 Å². The number of thiophene rings is 1. The number of anilines is 2. The predicted octanol–water partition coefficient (Wildman–Crippen LogP) is 3.40. The van der Waals surface area contributed by atoms with Gasteiger partial charge < -0.3 is 10.2 Å². The van der Waals surface area contributed by atoms with E-state index in [0.717, 1.165) is 15.7 Å². The number of piperidine rings is 1. The van der Waals surface area contributed by atoms with Crippen molar-refractivity contribution in [3.63, 3.8) is 0 Å². The number of aryl methyl sites for hydroxylation is 1. The molecular formula is C15H18N4O2S2. The number of carbonyl (C=O) groups is 2. The lowest BCUT2D eigenvalue weighted by Crippen LogP contribution is -2.43. The minimum Gasteiger partial charge on any atom is -0.324 e. The second-order valence-electron chi connectivity index (χ2n) is 5.49. The highest BCUT2D eigenvalue weighted by Crippen LogP contribution is 2.23. The van der Waals surface area contributed by atoms with E-state index in [1.165, 1.54) is 22.9 Å². The molecule has 0 bridgehead atoms. The van der Waals surface area contributed by atoms with Gasteiger partial charge in [0.15, 0.2) is 0 Å². The van der Waals surface area contributed by atoms with E-state index in [1.807, 2.05) is 30.5 Å². The fourth-order valence-corrected chi connectivity index (χ4v) is 3.80. The smallest absolute Gasteiger partial charge is 0.322 e. The van der Waals surface area contributed by atoms with E-state index in [4.69, 9.17) is 0 Å². The molecule has 3 heterocycles. The number of amides is 3. The zero-order valence-corrected chi connectivity index (χ0v) is 14.4. The first-order valence-corrected chi connectivity index (χ1v) is 9.11. The molecule has 1 aliphatic rings. The van der Waals surface area contributed by atoms with Gasteiger partial charge in [-0.15, -0.1) is 11.3 Å². The molecule has 0 radical (unpaired) electrons. The molecule has 1 fully saturated rings. The van der Waals surface area contributed by atoms with Gasteiger partial charge in [0, 0.05) is 19.0 Å². The van der Waals surface area contributed by atoms with Crippen molar-refractivity contribution in [1.82, 2.24) is 9.27 Å². The predicted molar refractivity (Wildman–Crippen MR) is 93.1 cm³/mol. The summed E-state index contributed by atoms with van der Waals surface area (Å²) in [7, 11) is 0. The topological polar surface area (TPSA) is 74.3 Å². The summed E-state index contributed by atoms with van der Waals surface area (Å²) in [6, 6.07) is 5.55. The molecule has 0 aromatic carbocycles. The second kappa shape index (κ2) is 7.10. The number of nitrogens with zero attached hydrogens (tertiary/aromatic N) is 2. The molecule has 0 spiro atoms. The average molecular weight is 350 g/mol. The molecule has 0 saturated carbocycles. The summed E-state index contributed by atoms with van der Waals surface area (Å²) in [4.78, 5) is 26.2. The van der Waals surface area contributed by atoms with Crippen molar-refractivity contribution >= 4 is 44.8 Å². The standard InChI is InChI=1S/C15H18N4O2S2/c1-10-9-13(23-18-10)16-14(20)11-4-6-19(7-5-11)15(21)17-12-3-2-8-22-12/h2-3,8-9,11H,4-7H2,1H3,(H,16,20)(H,17,21). The highest BCUT2D eigenvalue weighted by atomic mass is 32.1. The first kappa shape index (κ1) is 15.9. The van der Waals surface area contributed by atoms with Crippen LogP contribution < -0.4 is 10.6 Å². The Morgan fingerprint density at radius 2 is 2.04 bits per heavy atom. The zero-order chi connectivity index (χ0) is 16.2. The van der Waals surface area contributed by atoms with Crippen LogP contribution in [0.25, 0.3) is 0 Å². The Balaban J connectivity index is 1.47. The summed E-state index contributed by atoms with van der Waals surface area (Å²) in [5, 5.41) is 9.34. The largest absolute Gasteiger partial charge is 0.324 e. The third-order valence-electron chi connectivity index (χ3n) is 3.78. The van der Waals surface area contributed by atoms with Gasteiger partial charge in [-0.05, 0) is 54.9 Å². The van der Waals surface area contributed by atoms with Crippen LogP contribution in [0.5, 0.6) is 0 Å².